The summed E-state index contributed by atoms with van der Waals surface area (Å²) in [6.45, 7) is 4.89. The number of hydrogen-bond acceptors (Lipinski definition) is 2. The maximum atomic E-state index is 2.47. The summed E-state index contributed by atoms with van der Waals surface area (Å²) in [7, 11) is 0. The highest BCUT2D eigenvalue weighted by atomic mass is 15.1. The number of benzene rings is 7. The lowest BCUT2D eigenvalue weighted by Gasteiger charge is -2.32. The zero-order valence-electron chi connectivity index (χ0n) is 30.5. The average molecular weight is 685 g/mol. The molecule has 1 unspecified atom stereocenters. The van der Waals surface area contributed by atoms with E-state index in [1.165, 1.54) is 51.3 Å². The minimum Gasteiger partial charge on any atom is -0.311 e. The van der Waals surface area contributed by atoms with Gasteiger partial charge in [0, 0.05) is 39.5 Å². The van der Waals surface area contributed by atoms with Crippen molar-refractivity contribution in [3.8, 4) is 11.1 Å². The Morgan fingerprint density at radius 1 is 0.453 bits per heavy atom. The molecule has 0 aromatic heterocycles. The summed E-state index contributed by atoms with van der Waals surface area (Å²) in [6, 6.07) is 68.2. The molecule has 0 spiro atoms. The third-order valence-electron chi connectivity index (χ3n) is 11.5. The molecule has 0 saturated heterocycles. The third-order valence-corrected chi connectivity index (χ3v) is 11.5. The van der Waals surface area contributed by atoms with E-state index in [-0.39, 0.29) is 5.41 Å². The smallest absolute Gasteiger partial charge is 0.0462 e. The lowest BCUT2D eigenvalue weighted by molar-refractivity contribution is 0.530. The summed E-state index contributed by atoms with van der Waals surface area (Å²) < 4.78 is 0. The fraction of sp³-hybridized carbons (Fsp3) is 0.137. The Bertz CT molecular complexity index is 2280. The van der Waals surface area contributed by atoms with Crippen LogP contribution in [-0.2, 0) is 5.41 Å². The van der Waals surface area contributed by atoms with Gasteiger partial charge in [-0.3, -0.25) is 0 Å². The SMILES string of the molecule is CC1(C)C2=C(CCC(c3ccc(N(c4ccccc4)c4ccccc4)cc3)C2)c2ccc(-c3ccc(N(c4ccccc4)c4ccccc4)cc3)cc21. The monoisotopic (exact) mass is 684 g/mol. The van der Waals surface area contributed by atoms with Crippen molar-refractivity contribution in [2.24, 2.45) is 0 Å². The highest BCUT2D eigenvalue weighted by Gasteiger charge is 2.40. The molecule has 2 heteroatoms. The summed E-state index contributed by atoms with van der Waals surface area (Å²) >= 11 is 0. The Labute approximate surface area is 314 Å². The minimum atomic E-state index is -0.00589. The van der Waals surface area contributed by atoms with Crippen LogP contribution in [0.15, 0.2) is 194 Å². The molecule has 0 amide bonds. The van der Waals surface area contributed by atoms with Crippen LogP contribution in [0.25, 0.3) is 16.7 Å². The molecule has 1 atom stereocenters. The first-order valence-corrected chi connectivity index (χ1v) is 18.9. The molecule has 258 valence electrons. The third kappa shape index (κ3) is 6.15. The number of rotatable bonds is 8. The topological polar surface area (TPSA) is 6.48 Å². The van der Waals surface area contributed by atoms with Crippen molar-refractivity contribution < 1.29 is 0 Å². The Balaban J connectivity index is 0.959. The standard InChI is InChI=1S/C51H44N2/c1-51(2)49-35-39(37-23-29-45(30-24-37)52(41-15-7-3-8-16-41)42-17-9-4-10-18-42)27-33-47(49)48-34-28-40(36-50(48)51)38-25-31-46(32-26-38)53(43-19-11-5-12-20-43)44-21-13-6-14-22-44/h3-27,29-33,35,40H,28,34,36H2,1-2H3. The Morgan fingerprint density at radius 3 is 1.34 bits per heavy atom. The molecule has 2 aliphatic carbocycles. The van der Waals surface area contributed by atoms with Gasteiger partial charge in [0.2, 0.25) is 0 Å². The first-order valence-electron chi connectivity index (χ1n) is 18.9. The fourth-order valence-corrected chi connectivity index (χ4v) is 8.72. The molecule has 0 fully saturated rings. The molecule has 9 rings (SSSR count). The van der Waals surface area contributed by atoms with Gasteiger partial charge >= 0.3 is 0 Å². The molecule has 53 heavy (non-hydrogen) atoms. The first-order chi connectivity index (χ1) is 26.0. The molecule has 0 N–H and O–H groups in total. The van der Waals surface area contributed by atoms with Crippen molar-refractivity contribution in [3.63, 3.8) is 0 Å². The van der Waals surface area contributed by atoms with Crippen molar-refractivity contribution in [1.82, 2.24) is 0 Å². The van der Waals surface area contributed by atoms with Crippen LogP contribution in [0.1, 0.15) is 55.7 Å². The quantitative estimate of drug-likeness (QED) is 0.157. The summed E-state index contributed by atoms with van der Waals surface area (Å²) in [5, 5.41) is 0. The number of nitrogens with zero attached hydrogens (tertiary/aromatic N) is 2. The zero-order valence-corrected chi connectivity index (χ0v) is 30.5. The second kappa shape index (κ2) is 13.8. The molecular formula is C51H44N2. The van der Waals surface area contributed by atoms with Gasteiger partial charge in [-0.25, -0.2) is 0 Å². The number of anilines is 6. The van der Waals surface area contributed by atoms with Gasteiger partial charge in [-0.2, -0.15) is 0 Å². The van der Waals surface area contributed by atoms with Gasteiger partial charge in [-0.05, 0) is 137 Å². The van der Waals surface area contributed by atoms with Gasteiger partial charge in [0.1, 0.15) is 0 Å². The lowest BCUT2D eigenvalue weighted by atomic mass is 9.72. The molecule has 2 aliphatic rings. The summed E-state index contributed by atoms with van der Waals surface area (Å²) in [4.78, 5) is 4.66. The van der Waals surface area contributed by atoms with Gasteiger partial charge in [-0.15, -0.1) is 0 Å². The molecule has 0 saturated carbocycles. The summed E-state index contributed by atoms with van der Waals surface area (Å²) in [6.07, 6.45) is 3.41. The predicted octanol–water partition coefficient (Wildman–Crippen LogP) is 14.3. The number of hydrogen-bond donors (Lipinski definition) is 0. The maximum Gasteiger partial charge on any atom is 0.0462 e. The number of para-hydroxylation sites is 4. The van der Waals surface area contributed by atoms with Gasteiger partial charge in [0.25, 0.3) is 0 Å². The van der Waals surface area contributed by atoms with Gasteiger partial charge in [-0.1, -0.05) is 129 Å². The average Bonchev–Trinajstić information content (AvgIpc) is 3.45. The highest BCUT2D eigenvalue weighted by molar-refractivity contribution is 5.84. The summed E-state index contributed by atoms with van der Waals surface area (Å²) in [5.41, 5.74) is 17.1. The van der Waals surface area contributed by atoms with E-state index in [1.54, 1.807) is 11.1 Å². The molecule has 7 aromatic carbocycles. The van der Waals surface area contributed by atoms with Crippen LogP contribution in [0.4, 0.5) is 34.1 Å². The van der Waals surface area contributed by atoms with Crippen molar-refractivity contribution in [1.29, 1.82) is 0 Å². The second-order valence-electron chi connectivity index (χ2n) is 14.9. The van der Waals surface area contributed by atoms with Crippen LogP contribution in [0.5, 0.6) is 0 Å². The second-order valence-corrected chi connectivity index (χ2v) is 14.9. The van der Waals surface area contributed by atoms with E-state index < -0.39 is 0 Å². The zero-order chi connectivity index (χ0) is 35.8. The largest absolute Gasteiger partial charge is 0.311 e. The van der Waals surface area contributed by atoms with Gasteiger partial charge < -0.3 is 9.80 Å². The van der Waals surface area contributed by atoms with E-state index >= 15 is 0 Å². The summed E-state index contributed by atoms with van der Waals surface area (Å²) in [5.74, 6) is 0.516. The maximum absolute atomic E-state index is 2.47. The van der Waals surface area contributed by atoms with E-state index in [4.69, 9.17) is 0 Å². The van der Waals surface area contributed by atoms with Crippen LogP contribution in [0.2, 0.25) is 0 Å². The van der Waals surface area contributed by atoms with Crippen LogP contribution >= 0.6 is 0 Å². The molecule has 2 nitrogen and oxygen atoms in total. The van der Waals surface area contributed by atoms with Crippen molar-refractivity contribution in [2.45, 2.75) is 44.4 Å². The van der Waals surface area contributed by atoms with Crippen molar-refractivity contribution in [3.05, 3.63) is 210 Å². The Morgan fingerprint density at radius 2 is 0.868 bits per heavy atom. The van der Waals surface area contributed by atoms with E-state index in [1.807, 2.05) is 0 Å². The Hall–Kier alpha value is -6.12. The van der Waals surface area contributed by atoms with E-state index in [9.17, 15) is 0 Å². The highest BCUT2D eigenvalue weighted by Crippen LogP contribution is 2.55. The predicted molar refractivity (Wildman–Crippen MR) is 224 cm³/mol. The molecule has 0 radical (unpaired) electrons. The Kier molecular flexibility index (Phi) is 8.52. The van der Waals surface area contributed by atoms with Crippen LogP contribution < -0.4 is 9.80 Å². The fourth-order valence-electron chi connectivity index (χ4n) is 8.72. The number of fused-ring (bicyclic) bond motifs is 2. The molecule has 0 heterocycles. The van der Waals surface area contributed by atoms with Crippen molar-refractivity contribution >= 4 is 39.7 Å². The number of allylic oxidation sites excluding steroid dienone is 2. The van der Waals surface area contributed by atoms with Gasteiger partial charge in [0.15, 0.2) is 0 Å². The van der Waals surface area contributed by atoms with Crippen LogP contribution in [0, 0.1) is 0 Å². The normalized spacial score (nSPS) is 15.8. The minimum absolute atomic E-state index is 0.00589. The van der Waals surface area contributed by atoms with Crippen LogP contribution in [0.3, 0.4) is 0 Å². The van der Waals surface area contributed by atoms with Gasteiger partial charge in [0.05, 0.1) is 0 Å². The van der Waals surface area contributed by atoms with E-state index in [2.05, 4.69) is 212 Å². The molecular weight excluding hydrogens is 641 g/mol. The molecule has 0 aliphatic heterocycles. The van der Waals surface area contributed by atoms with Crippen molar-refractivity contribution in [2.75, 3.05) is 9.80 Å². The lowest BCUT2D eigenvalue weighted by Crippen LogP contribution is -2.20. The molecule has 0 bridgehead atoms. The first kappa shape index (κ1) is 32.8. The van der Waals surface area contributed by atoms with E-state index in [0.717, 1.165) is 29.9 Å². The van der Waals surface area contributed by atoms with Crippen LogP contribution in [-0.4, -0.2) is 0 Å². The molecule has 7 aromatic rings. The van der Waals surface area contributed by atoms with E-state index in [0.29, 0.717) is 5.92 Å².